The maximum atomic E-state index is 14.2. The Kier molecular flexibility index (Phi) is 4.76. The molecule has 2 aromatic carbocycles. The average Bonchev–Trinajstić information content (AvgIpc) is 2.86. The van der Waals surface area contributed by atoms with Crippen LogP contribution in [0.15, 0.2) is 51.5 Å². The fourth-order valence-corrected chi connectivity index (χ4v) is 4.39. The van der Waals surface area contributed by atoms with E-state index in [0.29, 0.717) is 27.0 Å². The second kappa shape index (κ2) is 6.57. The number of benzene rings is 2. The monoisotopic (exact) mass is 417 g/mol. The first-order valence-corrected chi connectivity index (χ1v) is 10.4. The molecule has 0 radical (unpaired) electrons. The van der Waals surface area contributed by atoms with Crippen LogP contribution >= 0.6 is 34.5 Å². The summed E-state index contributed by atoms with van der Waals surface area (Å²) in [6.07, 6.45) is 0.930. The summed E-state index contributed by atoms with van der Waals surface area (Å²) in [7, 11) is -3.68. The molecule has 0 saturated carbocycles. The van der Waals surface area contributed by atoms with Crippen LogP contribution in [0.4, 0.5) is 4.39 Å². The molecule has 9 heteroatoms. The largest absolute Gasteiger partial charge is 0.312 e. The van der Waals surface area contributed by atoms with Gasteiger partial charge in [-0.15, -0.1) is 0 Å². The first kappa shape index (κ1) is 18.1. The Hall–Kier alpha value is -1.67. The molecule has 0 spiro atoms. The zero-order chi connectivity index (χ0) is 18.4. The number of hydrogen-bond acceptors (Lipinski definition) is 4. The van der Waals surface area contributed by atoms with Crippen molar-refractivity contribution in [3.8, 4) is 16.9 Å². The summed E-state index contributed by atoms with van der Waals surface area (Å²) in [6, 6.07) is 8.37. The summed E-state index contributed by atoms with van der Waals surface area (Å²) in [5, 5.41) is 2.27. The summed E-state index contributed by atoms with van der Waals surface area (Å²) in [4.78, 5) is 11.6. The van der Waals surface area contributed by atoms with Crippen LogP contribution in [0.2, 0.25) is 10.0 Å². The van der Waals surface area contributed by atoms with Gasteiger partial charge in [0.1, 0.15) is 10.7 Å². The third-order valence-corrected chi connectivity index (χ3v) is 5.72. The van der Waals surface area contributed by atoms with Gasteiger partial charge in [-0.05, 0) is 30.3 Å². The van der Waals surface area contributed by atoms with Crippen LogP contribution in [0.3, 0.4) is 0 Å². The maximum Gasteiger partial charge on any atom is 0.312 e. The van der Waals surface area contributed by atoms with Crippen molar-refractivity contribution in [2.75, 3.05) is 6.26 Å². The number of nitrogens with zero attached hydrogens (tertiary/aromatic N) is 1. The van der Waals surface area contributed by atoms with E-state index in [1.165, 1.54) is 22.8 Å². The number of halogens is 3. The molecule has 3 rings (SSSR count). The Bertz CT molecular complexity index is 1120. The van der Waals surface area contributed by atoms with E-state index in [1.807, 2.05) is 0 Å². The lowest BCUT2D eigenvalue weighted by Crippen LogP contribution is -2.12. The van der Waals surface area contributed by atoms with E-state index in [-0.39, 0.29) is 4.87 Å². The quantitative estimate of drug-likeness (QED) is 0.633. The zero-order valence-electron chi connectivity index (χ0n) is 12.7. The molecule has 25 heavy (non-hydrogen) atoms. The van der Waals surface area contributed by atoms with Crippen LogP contribution < -0.4 is 4.87 Å². The van der Waals surface area contributed by atoms with Crippen LogP contribution in [0.1, 0.15) is 0 Å². The molecular weight excluding hydrogens is 408 g/mol. The van der Waals surface area contributed by atoms with Crippen molar-refractivity contribution < 1.29 is 12.8 Å². The van der Waals surface area contributed by atoms with Crippen LogP contribution in [0, 0.1) is 5.82 Å². The highest BCUT2D eigenvalue weighted by Gasteiger charge is 2.17. The van der Waals surface area contributed by atoms with Crippen LogP contribution in [0.5, 0.6) is 0 Å². The fraction of sp³-hybridized carbons (Fsp3) is 0.0625. The lowest BCUT2D eigenvalue weighted by atomic mass is 10.1. The van der Waals surface area contributed by atoms with Crippen molar-refractivity contribution in [3.05, 3.63) is 67.3 Å². The van der Waals surface area contributed by atoms with Gasteiger partial charge < -0.3 is 0 Å². The number of aromatic nitrogens is 1. The minimum absolute atomic E-state index is 0.305. The van der Waals surface area contributed by atoms with Gasteiger partial charge in [0.15, 0.2) is 9.84 Å². The Morgan fingerprint density at radius 1 is 1.08 bits per heavy atom. The molecule has 4 nitrogen and oxygen atoms in total. The highest BCUT2D eigenvalue weighted by atomic mass is 35.5. The van der Waals surface area contributed by atoms with Gasteiger partial charge in [-0.25, -0.2) is 12.8 Å². The fourth-order valence-electron chi connectivity index (χ4n) is 2.38. The minimum Gasteiger partial charge on any atom is -0.267 e. The Labute approximate surface area is 157 Å². The highest BCUT2D eigenvalue weighted by Crippen LogP contribution is 2.29. The molecule has 3 aromatic rings. The lowest BCUT2D eigenvalue weighted by molar-refractivity contribution is 0.571. The molecule has 0 aliphatic carbocycles. The second-order valence-corrected chi connectivity index (χ2v) is 8.94. The van der Waals surface area contributed by atoms with Crippen LogP contribution in [0.25, 0.3) is 16.9 Å². The molecule has 1 aromatic heterocycles. The van der Waals surface area contributed by atoms with Crippen LogP contribution in [-0.2, 0) is 9.84 Å². The van der Waals surface area contributed by atoms with Crippen molar-refractivity contribution >= 4 is 44.4 Å². The zero-order valence-corrected chi connectivity index (χ0v) is 15.8. The van der Waals surface area contributed by atoms with E-state index in [9.17, 15) is 17.6 Å². The Morgan fingerprint density at radius 3 is 2.28 bits per heavy atom. The van der Waals surface area contributed by atoms with Gasteiger partial charge in [0, 0.05) is 27.2 Å². The molecule has 0 aliphatic heterocycles. The molecular formula is C16H10Cl2FNO3S2. The number of rotatable bonds is 3. The second-order valence-electron chi connectivity index (χ2n) is 5.27. The topological polar surface area (TPSA) is 56.1 Å². The summed E-state index contributed by atoms with van der Waals surface area (Å²) in [5.74, 6) is -0.880. The predicted molar refractivity (Wildman–Crippen MR) is 98.4 cm³/mol. The number of hydrogen-bond donors (Lipinski definition) is 0. The Morgan fingerprint density at radius 2 is 1.72 bits per heavy atom. The summed E-state index contributed by atoms with van der Waals surface area (Å²) in [6.45, 7) is 0. The van der Waals surface area contributed by atoms with E-state index in [0.717, 1.165) is 23.7 Å². The van der Waals surface area contributed by atoms with Gasteiger partial charge in [0.05, 0.1) is 11.4 Å². The summed E-state index contributed by atoms with van der Waals surface area (Å²) >= 11 is 12.9. The van der Waals surface area contributed by atoms with Crippen molar-refractivity contribution in [1.82, 2.24) is 4.57 Å². The normalized spacial score (nSPS) is 11.7. The molecule has 0 aliphatic rings. The molecule has 1 heterocycles. The summed E-state index contributed by atoms with van der Waals surface area (Å²) < 4.78 is 38.6. The van der Waals surface area contributed by atoms with E-state index in [4.69, 9.17) is 23.2 Å². The van der Waals surface area contributed by atoms with E-state index in [2.05, 4.69) is 0 Å². The van der Waals surface area contributed by atoms with Gasteiger partial charge in [-0.2, -0.15) is 0 Å². The maximum absolute atomic E-state index is 14.2. The molecule has 0 fully saturated rings. The molecule has 0 amide bonds. The average molecular weight is 418 g/mol. The first-order chi connectivity index (χ1) is 11.7. The predicted octanol–water partition coefficient (Wildman–Crippen LogP) is 4.42. The summed E-state index contributed by atoms with van der Waals surface area (Å²) in [5.41, 5.74) is 1.21. The molecule has 130 valence electrons. The SMILES string of the molecule is CS(=O)(=O)c1ccc(-c2csc(=O)n2-c2cc(Cl)cc(Cl)c2)cc1F. The van der Waals surface area contributed by atoms with Gasteiger partial charge in [-0.3, -0.25) is 9.36 Å². The standard InChI is InChI=1S/C16H10Cl2FNO3S2/c1-25(22,23)15-3-2-9(4-13(15)19)14-8-24-16(21)20(14)12-6-10(17)5-11(18)7-12/h2-8H,1H3. The molecule has 0 unspecified atom stereocenters. The smallest absolute Gasteiger partial charge is 0.267 e. The van der Waals surface area contributed by atoms with Crippen molar-refractivity contribution in [2.45, 2.75) is 4.90 Å². The minimum atomic E-state index is -3.68. The van der Waals surface area contributed by atoms with Crippen LogP contribution in [-0.4, -0.2) is 19.2 Å². The van der Waals surface area contributed by atoms with Crippen molar-refractivity contribution in [3.63, 3.8) is 0 Å². The molecule has 0 atom stereocenters. The van der Waals surface area contributed by atoms with Crippen molar-refractivity contribution in [1.29, 1.82) is 0 Å². The third-order valence-electron chi connectivity index (χ3n) is 3.43. The Balaban J connectivity index is 2.21. The van der Waals surface area contributed by atoms with E-state index in [1.54, 1.807) is 17.5 Å². The molecule has 0 saturated heterocycles. The van der Waals surface area contributed by atoms with E-state index < -0.39 is 20.5 Å². The third kappa shape index (κ3) is 3.64. The highest BCUT2D eigenvalue weighted by molar-refractivity contribution is 7.90. The van der Waals surface area contributed by atoms with Gasteiger partial charge in [0.25, 0.3) is 0 Å². The molecule has 0 bridgehead atoms. The van der Waals surface area contributed by atoms with Gasteiger partial charge in [-0.1, -0.05) is 40.6 Å². The lowest BCUT2D eigenvalue weighted by Gasteiger charge is -2.10. The number of thiazole rings is 1. The number of sulfone groups is 1. The molecule has 0 N–H and O–H groups in total. The van der Waals surface area contributed by atoms with Gasteiger partial charge >= 0.3 is 4.87 Å². The van der Waals surface area contributed by atoms with E-state index >= 15 is 0 Å². The van der Waals surface area contributed by atoms with Crippen molar-refractivity contribution in [2.24, 2.45) is 0 Å². The first-order valence-electron chi connectivity index (χ1n) is 6.84. The van der Waals surface area contributed by atoms with Gasteiger partial charge in [0.2, 0.25) is 0 Å².